The quantitative estimate of drug-likeness (QED) is 0.621. The van der Waals surface area contributed by atoms with E-state index in [1.807, 2.05) is 0 Å². The molecule has 0 saturated heterocycles. The summed E-state index contributed by atoms with van der Waals surface area (Å²) in [5.74, 6) is 0.258. The van der Waals surface area contributed by atoms with Crippen LogP contribution in [-0.4, -0.2) is 17.0 Å². The van der Waals surface area contributed by atoms with Crippen LogP contribution in [0.25, 0.3) is 0 Å². The van der Waals surface area contributed by atoms with E-state index in [-0.39, 0.29) is 12.0 Å². The molecule has 2 aliphatic rings. The Morgan fingerprint density at radius 3 is 3.00 bits per heavy atom. The molecule has 0 aliphatic heterocycles. The summed E-state index contributed by atoms with van der Waals surface area (Å²) in [6, 6.07) is 0. The maximum Gasteiger partial charge on any atom is 0.138 e. The topological polar surface area (TPSA) is 37.3 Å². The van der Waals surface area contributed by atoms with E-state index in [1.165, 1.54) is 6.42 Å². The molecule has 0 amide bonds. The average Bonchev–Trinajstić information content (AvgIpc) is 2.20. The molecule has 2 nitrogen and oxygen atoms in total. The molecule has 3 atom stereocenters. The van der Waals surface area contributed by atoms with Crippen molar-refractivity contribution in [2.75, 3.05) is 0 Å². The van der Waals surface area contributed by atoms with Gasteiger partial charge in [-0.3, -0.25) is 4.79 Å². The normalized spacial score (nSPS) is 45.8. The van der Waals surface area contributed by atoms with Gasteiger partial charge in [-0.25, -0.2) is 0 Å². The number of Topliss-reactive ketones (excluding diaryl/α,β-unsaturated/α-hetero) is 1. The number of aliphatic hydroxyl groups is 1. The first kappa shape index (κ1) is 9.20. The third kappa shape index (κ3) is 1.64. The minimum absolute atomic E-state index is 0.0405. The molecule has 0 heterocycles. The van der Waals surface area contributed by atoms with E-state index in [0.29, 0.717) is 17.6 Å². The fraction of sp³-hybridized carbons (Fsp3) is 0.909. The third-order valence-electron chi connectivity index (χ3n) is 3.85. The zero-order chi connectivity index (χ0) is 9.47. The number of aliphatic hydroxyl groups excluding tert-OH is 1. The van der Waals surface area contributed by atoms with Crippen molar-refractivity contribution in [2.24, 2.45) is 11.3 Å². The van der Waals surface area contributed by atoms with Gasteiger partial charge in [0.05, 0.1) is 6.10 Å². The van der Waals surface area contributed by atoms with Gasteiger partial charge in [0.25, 0.3) is 0 Å². The van der Waals surface area contributed by atoms with E-state index in [1.54, 1.807) is 0 Å². The fourth-order valence-corrected chi connectivity index (χ4v) is 2.87. The van der Waals surface area contributed by atoms with Crippen molar-refractivity contribution in [1.29, 1.82) is 0 Å². The highest BCUT2D eigenvalue weighted by Crippen LogP contribution is 2.45. The molecule has 0 aromatic carbocycles. The van der Waals surface area contributed by atoms with Gasteiger partial charge in [0.15, 0.2) is 0 Å². The molecule has 2 rings (SSSR count). The van der Waals surface area contributed by atoms with Crippen molar-refractivity contribution in [2.45, 2.75) is 51.6 Å². The molecule has 2 aliphatic carbocycles. The predicted molar refractivity (Wildman–Crippen MR) is 50.3 cm³/mol. The van der Waals surface area contributed by atoms with Crippen LogP contribution in [0, 0.1) is 11.3 Å². The van der Waals surface area contributed by atoms with E-state index >= 15 is 0 Å². The highest BCUT2D eigenvalue weighted by molar-refractivity contribution is 5.82. The van der Waals surface area contributed by atoms with Crippen LogP contribution in [0.15, 0.2) is 0 Å². The van der Waals surface area contributed by atoms with E-state index in [9.17, 15) is 9.90 Å². The maximum atomic E-state index is 11.6. The van der Waals surface area contributed by atoms with Gasteiger partial charge in [0.2, 0.25) is 0 Å². The zero-order valence-electron chi connectivity index (χ0n) is 8.25. The molecule has 74 valence electrons. The van der Waals surface area contributed by atoms with Crippen LogP contribution in [0.2, 0.25) is 0 Å². The molecule has 2 saturated carbocycles. The van der Waals surface area contributed by atoms with E-state index in [4.69, 9.17) is 0 Å². The summed E-state index contributed by atoms with van der Waals surface area (Å²) in [4.78, 5) is 11.6. The first-order valence-corrected chi connectivity index (χ1v) is 5.32. The molecular weight excluding hydrogens is 164 g/mol. The van der Waals surface area contributed by atoms with Crippen molar-refractivity contribution >= 4 is 5.78 Å². The molecule has 0 aromatic rings. The molecule has 3 unspecified atom stereocenters. The van der Waals surface area contributed by atoms with Crippen LogP contribution in [-0.2, 0) is 4.79 Å². The van der Waals surface area contributed by atoms with Gasteiger partial charge in [0.1, 0.15) is 5.78 Å². The Labute approximate surface area is 79.3 Å². The largest absolute Gasteiger partial charge is 0.392 e. The van der Waals surface area contributed by atoms with Crippen LogP contribution in [0.3, 0.4) is 0 Å². The van der Waals surface area contributed by atoms with E-state index in [2.05, 4.69) is 6.92 Å². The summed E-state index contributed by atoms with van der Waals surface area (Å²) in [6.45, 7) is 2.27. The molecule has 1 N–H and O–H groups in total. The van der Waals surface area contributed by atoms with Crippen molar-refractivity contribution in [3.05, 3.63) is 0 Å². The second kappa shape index (κ2) is 3.09. The minimum Gasteiger partial charge on any atom is -0.392 e. The number of hydrogen-bond acceptors (Lipinski definition) is 2. The molecule has 0 aromatic heterocycles. The number of rotatable bonds is 0. The van der Waals surface area contributed by atoms with Gasteiger partial charge in [-0.1, -0.05) is 13.3 Å². The van der Waals surface area contributed by atoms with Crippen molar-refractivity contribution < 1.29 is 9.90 Å². The second-order valence-electron chi connectivity index (χ2n) is 5.05. The summed E-state index contributed by atoms with van der Waals surface area (Å²) in [7, 11) is 0. The molecular formula is C11H18O2. The van der Waals surface area contributed by atoms with Gasteiger partial charge < -0.3 is 5.11 Å². The van der Waals surface area contributed by atoms with Crippen LogP contribution in [0.5, 0.6) is 0 Å². The Hall–Kier alpha value is -0.370. The van der Waals surface area contributed by atoms with E-state index < -0.39 is 0 Å². The molecule has 13 heavy (non-hydrogen) atoms. The van der Waals surface area contributed by atoms with Crippen molar-refractivity contribution in [3.63, 3.8) is 0 Å². The van der Waals surface area contributed by atoms with Gasteiger partial charge in [-0.05, 0) is 31.1 Å². The van der Waals surface area contributed by atoms with E-state index in [0.717, 1.165) is 25.7 Å². The predicted octanol–water partition coefficient (Wildman–Crippen LogP) is 1.91. The number of carbonyl (C=O) groups is 1. The van der Waals surface area contributed by atoms with Gasteiger partial charge >= 0.3 is 0 Å². The fourth-order valence-electron chi connectivity index (χ4n) is 2.87. The van der Waals surface area contributed by atoms with Gasteiger partial charge in [0, 0.05) is 12.3 Å². The smallest absolute Gasteiger partial charge is 0.138 e. The lowest BCUT2D eigenvalue weighted by atomic mass is 9.69. The molecule has 2 bridgehead atoms. The lowest BCUT2D eigenvalue weighted by molar-refractivity contribution is -0.131. The SMILES string of the molecule is CC12CCCC(O)C(C1)C(=O)CC2. The Morgan fingerprint density at radius 2 is 2.23 bits per heavy atom. The minimum atomic E-state index is -0.352. The lowest BCUT2D eigenvalue weighted by Crippen LogP contribution is -2.36. The summed E-state index contributed by atoms with van der Waals surface area (Å²) >= 11 is 0. The Morgan fingerprint density at radius 1 is 1.46 bits per heavy atom. The number of fused-ring (bicyclic) bond motifs is 2. The average molecular weight is 182 g/mol. The third-order valence-corrected chi connectivity index (χ3v) is 3.85. The number of ketones is 1. The second-order valence-corrected chi connectivity index (χ2v) is 5.05. The highest BCUT2D eigenvalue weighted by Gasteiger charge is 2.41. The summed E-state index contributed by atoms with van der Waals surface area (Å²) in [5, 5.41) is 9.76. The number of hydrogen-bond donors (Lipinski definition) is 1. The molecule has 0 spiro atoms. The first-order valence-electron chi connectivity index (χ1n) is 5.32. The van der Waals surface area contributed by atoms with Crippen molar-refractivity contribution in [1.82, 2.24) is 0 Å². The Balaban J connectivity index is 2.20. The van der Waals surface area contributed by atoms with Crippen LogP contribution in [0.1, 0.15) is 45.4 Å². The maximum absolute atomic E-state index is 11.6. The Kier molecular flexibility index (Phi) is 2.18. The first-order chi connectivity index (χ1) is 6.11. The monoisotopic (exact) mass is 182 g/mol. The summed E-state index contributed by atoms with van der Waals surface area (Å²) < 4.78 is 0. The van der Waals surface area contributed by atoms with Gasteiger partial charge in [-0.2, -0.15) is 0 Å². The molecule has 2 heteroatoms. The standard InChI is InChI=1S/C11H18O2/c1-11-5-2-3-9(12)8(7-11)10(13)4-6-11/h8-9,12H,2-7H2,1H3. The zero-order valence-corrected chi connectivity index (χ0v) is 8.25. The van der Waals surface area contributed by atoms with Crippen LogP contribution in [0.4, 0.5) is 0 Å². The van der Waals surface area contributed by atoms with Crippen LogP contribution < -0.4 is 0 Å². The number of carbonyl (C=O) groups excluding carboxylic acids is 1. The summed E-state index contributed by atoms with van der Waals surface area (Å²) in [6.07, 6.45) is 5.40. The molecule has 2 fully saturated rings. The summed E-state index contributed by atoms with van der Waals surface area (Å²) in [5.41, 5.74) is 0.343. The molecule has 0 radical (unpaired) electrons. The lowest BCUT2D eigenvalue weighted by Gasteiger charge is -2.36. The van der Waals surface area contributed by atoms with Gasteiger partial charge in [-0.15, -0.1) is 0 Å². The highest BCUT2D eigenvalue weighted by atomic mass is 16.3. The van der Waals surface area contributed by atoms with Crippen LogP contribution >= 0.6 is 0 Å². The Bertz CT molecular complexity index is 224. The van der Waals surface area contributed by atoms with Crippen molar-refractivity contribution in [3.8, 4) is 0 Å².